The van der Waals surface area contributed by atoms with Gasteiger partial charge in [-0.1, -0.05) is 37.3 Å². The normalized spacial score (nSPS) is 17.4. The number of pyridine rings is 1. The van der Waals surface area contributed by atoms with Gasteiger partial charge >= 0.3 is 6.03 Å². The molecule has 0 unspecified atom stereocenters. The fraction of sp³-hybridized carbons (Fsp3) is 0.447. The van der Waals surface area contributed by atoms with E-state index in [1.807, 2.05) is 12.1 Å². The van der Waals surface area contributed by atoms with Crippen molar-refractivity contribution < 1.29 is 9.59 Å². The minimum atomic E-state index is -0.347. The molecule has 268 valence electrons. The lowest BCUT2D eigenvalue weighted by molar-refractivity contribution is -0.120. The number of halogens is 1. The van der Waals surface area contributed by atoms with Crippen LogP contribution in [-0.2, 0) is 4.79 Å². The lowest BCUT2D eigenvalue weighted by Gasteiger charge is -2.34. The zero-order valence-electron chi connectivity index (χ0n) is 29.0. The molecule has 3 fully saturated rings. The number of aromatic nitrogens is 3. The van der Waals surface area contributed by atoms with Crippen LogP contribution in [0.25, 0.3) is 11.0 Å². The average Bonchev–Trinajstić information content (AvgIpc) is 3.67. The van der Waals surface area contributed by atoms with Crippen molar-refractivity contribution in [3.63, 3.8) is 0 Å². The molecule has 3 N–H and O–H groups in total. The van der Waals surface area contributed by atoms with Crippen LogP contribution < -0.4 is 30.7 Å². The Kier molecular flexibility index (Phi) is 11.1. The molecule has 1 saturated carbocycles. The maximum atomic E-state index is 13.0. The Morgan fingerprint density at radius 1 is 0.941 bits per heavy atom. The first-order valence-electron chi connectivity index (χ1n) is 18.1. The second kappa shape index (κ2) is 16.0. The second-order valence-corrected chi connectivity index (χ2v) is 15.2. The van der Waals surface area contributed by atoms with Gasteiger partial charge in [0.05, 0.1) is 0 Å². The number of carbonyl (C=O) groups excluding carboxylic acids is 2. The van der Waals surface area contributed by atoms with Crippen molar-refractivity contribution in [3.05, 3.63) is 75.7 Å². The number of fused-ring (bicyclic) bond motifs is 1. The number of anilines is 4. The summed E-state index contributed by atoms with van der Waals surface area (Å²) in [5.74, 6) is 1.00. The van der Waals surface area contributed by atoms with Gasteiger partial charge in [-0.05, 0) is 111 Å². The van der Waals surface area contributed by atoms with Crippen LogP contribution in [0.3, 0.4) is 0 Å². The van der Waals surface area contributed by atoms with Crippen LogP contribution in [0.1, 0.15) is 75.8 Å². The molecule has 3 amide bonds. The number of carbonyl (C=O) groups is 2. The molecule has 4 aromatic rings. The minimum Gasteiger partial charge on any atom is -0.372 e. The van der Waals surface area contributed by atoms with Crippen LogP contribution in [0, 0.1) is 12.8 Å². The molecule has 1 aliphatic carbocycles. The van der Waals surface area contributed by atoms with Gasteiger partial charge in [-0.3, -0.25) is 29.1 Å². The third-order valence-corrected chi connectivity index (χ3v) is 11.5. The molecule has 0 atom stereocenters. The van der Waals surface area contributed by atoms with Gasteiger partial charge < -0.3 is 10.2 Å². The number of nitrogens with one attached hydrogen (secondary N) is 3. The number of urea groups is 1. The van der Waals surface area contributed by atoms with Gasteiger partial charge in [-0.2, -0.15) is 4.98 Å². The van der Waals surface area contributed by atoms with E-state index in [0.717, 1.165) is 84.9 Å². The highest BCUT2D eigenvalue weighted by molar-refractivity contribution is 7.97. The van der Waals surface area contributed by atoms with Gasteiger partial charge in [0, 0.05) is 72.2 Å². The third-order valence-electron chi connectivity index (χ3n) is 10.4. The molecule has 51 heavy (non-hydrogen) atoms. The molecular weight excluding hydrogens is 684 g/mol. The summed E-state index contributed by atoms with van der Waals surface area (Å²) in [6, 6.07) is 15.9. The maximum absolute atomic E-state index is 13.0. The van der Waals surface area contributed by atoms with Crippen LogP contribution in [0.4, 0.5) is 27.8 Å². The zero-order chi connectivity index (χ0) is 35.3. The van der Waals surface area contributed by atoms with Crippen molar-refractivity contribution >= 4 is 69.5 Å². The summed E-state index contributed by atoms with van der Waals surface area (Å²) < 4.78 is 5.31. The summed E-state index contributed by atoms with van der Waals surface area (Å²) in [5.41, 5.74) is 4.47. The molecule has 4 heterocycles. The Labute approximate surface area is 307 Å². The van der Waals surface area contributed by atoms with Crippen LogP contribution in [0.5, 0.6) is 0 Å². The minimum absolute atomic E-state index is 0.121. The number of hydrogen-bond donors (Lipinski definition) is 3. The molecule has 7 rings (SSSR count). The van der Waals surface area contributed by atoms with Gasteiger partial charge in [0.2, 0.25) is 11.9 Å². The van der Waals surface area contributed by atoms with Gasteiger partial charge in [-0.25, -0.2) is 9.78 Å². The number of amides is 3. The first-order valence-corrected chi connectivity index (χ1v) is 19.3. The molecule has 2 aliphatic heterocycles. The Morgan fingerprint density at radius 3 is 2.45 bits per heavy atom. The summed E-state index contributed by atoms with van der Waals surface area (Å²) in [4.78, 5) is 51.1. The Bertz CT molecular complexity index is 1940. The first-order chi connectivity index (χ1) is 24.8. The van der Waals surface area contributed by atoms with Crippen molar-refractivity contribution in [1.29, 1.82) is 0 Å². The van der Waals surface area contributed by atoms with Crippen LogP contribution in [0.2, 0.25) is 5.02 Å². The monoisotopic (exact) mass is 728 g/mol. The molecule has 11 nitrogen and oxygen atoms in total. The number of rotatable bonds is 12. The number of imide groups is 1. The highest BCUT2D eigenvalue weighted by atomic mass is 35.5. The number of nitrogens with zero attached hydrogens (tertiary/aromatic N) is 5. The molecule has 3 aliphatic rings. The molecule has 13 heteroatoms. The number of piperidine rings is 1. The van der Waals surface area contributed by atoms with Gasteiger partial charge in [0.15, 0.2) is 0 Å². The first kappa shape index (κ1) is 35.3. The number of aryl methyl sites for hydroxylation is 1. The number of hydrogen-bond acceptors (Lipinski definition) is 9. The Morgan fingerprint density at radius 2 is 1.71 bits per heavy atom. The summed E-state index contributed by atoms with van der Waals surface area (Å²) in [6.45, 7) is 5.54. The standard InChI is InChI=1S/C38H45ClN8O3S/c1-25-22-31(13-14-33(25)42-37-40-24-27-23-32(39)36(49)47(35(27)44-37)30-7-2-3-8-30)51-41-18-5-4-6-26-15-19-45(20-16-26)28-9-11-29(12-10-28)46-21-17-34(48)43-38(46)50/h9-14,22-24,26,30,41H,2-8,15-21H2,1H3,(H,40,42,44)(H,43,48,50). The largest absolute Gasteiger partial charge is 0.372 e. The highest BCUT2D eigenvalue weighted by Gasteiger charge is 2.25. The molecule has 0 bridgehead atoms. The van der Waals surface area contributed by atoms with Gasteiger partial charge in [0.1, 0.15) is 10.7 Å². The maximum Gasteiger partial charge on any atom is 0.328 e. The van der Waals surface area contributed by atoms with Crippen molar-refractivity contribution in [2.24, 2.45) is 5.92 Å². The molecular formula is C38H45ClN8O3S. The number of unbranched alkanes of at least 4 members (excludes halogenated alkanes) is 1. The van der Waals surface area contributed by atoms with Crippen molar-refractivity contribution in [2.75, 3.05) is 41.3 Å². The summed E-state index contributed by atoms with van der Waals surface area (Å²) >= 11 is 7.95. The Balaban J connectivity index is 0.828. The zero-order valence-corrected chi connectivity index (χ0v) is 30.6. The second-order valence-electron chi connectivity index (χ2n) is 13.9. The van der Waals surface area contributed by atoms with Crippen molar-refractivity contribution in [1.82, 2.24) is 24.6 Å². The molecule has 0 radical (unpaired) electrons. The van der Waals surface area contributed by atoms with Crippen molar-refractivity contribution in [3.8, 4) is 0 Å². The molecule has 2 saturated heterocycles. The fourth-order valence-corrected chi connectivity index (χ4v) is 8.50. The van der Waals surface area contributed by atoms with E-state index in [0.29, 0.717) is 24.6 Å². The highest BCUT2D eigenvalue weighted by Crippen LogP contribution is 2.32. The average molecular weight is 729 g/mol. The van der Waals surface area contributed by atoms with E-state index in [9.17, 15) is 14.4 Å². The van der Waals surface area contributed by atoms with Crippen LogP contribution >= 0.6 is 23.5 Å². The third kappa shape index (κ3) is 8.34. The SMILES string of the molecule is Cc1cc(SNCCCCC2CCN(c3ccc(N4CCC(=O)NC4=O)cc3)CC2)ccc1Nc1ncc2cc(Cl)c(=O)n(C3CCCC3)c2n1. The van der Waals surface area contributed by atoms with Gasteiger partial charge in [-0.15, -0.1) is 0 Å². The quantitative estimate of drug-likeness (QED) is 0.0993. The van der Waals surface area contributed by atoms with E-state index >= 15 is 0 Å². The van der Waals surface area contributed by atoms with Crippen molar-refractivity contribution in [2.45, 2.75) is 82.1 Å². The Hall–Kier alpha value is -4.13. The van der Waals surface area contributed by atoms with E-state index in [4.69, 9.17) is 16.6 Å². The van der Waals surface area contributed by atoms with E-state index in [2.05, 4.69) is 62.5 Å². The fourth-order valence-electron chi connectivity index (χ4n) is 7.51. The molecule has 2 aromatic carbocycles. The topological polar surface area (TPSA) is 124 Å². The smallest absolute Gasteiger partial charge is 0.328 e. The van der Waals surface area contributed by atoms with Crippen LogP contribution in [0.15, 0.2) is 64.4 Å². The van der Waals surface area contributed by atoms with E-state index in [1.54, 1.807) is 33.7 Å². The van der Waals surface area contributed by atoms with Crippen LogP contribution in [-0.4, -0.2) is 52.7 Å². The predicted octanol–water partition coefficient (Wildman–Crippen LogP) is 7.74. The number of benzene rings is 2. The predicted molar refractivity (Wildman–Crippen MR) is 205 cm³/mol. The van der Waals surface area contributed by atoms with E-state index in [-0.39, 0.29) is 28.6 Å². The molecule has 0 spiro atoms. The van der Waals surface area contributed by atoms with E-state index < -0.39 is 0 Å². The lowest BCUT2D eigenvalue weighted by Crippen LogP contribution is -2.49. The lowest BCUT2D eigenvalue weighted by atomic mass is 9.91. The van der Waals surface area contributed by atoms with E-state index in [1.165, 1.54) is 31.4 Å². The molecule has 2 aromatic heterocycles. The van der Waals surface area contributed by atoms with Gasteiger partial charge in [0.25, 0.3) is 5.56 Å². The summed E-state index contributed by atoms with van der Waals surface area (Å²) in [5, 5.41) is 6.72. The summed E-state index contributed by atoms with van der Waals surface area (Å²) in [6.07, 6.45) is 12.2. The summed E-state index contributed by atoms with van der Waals surface area (Å²) in [7, 11) is 0.